The second-order valence-electron chi connectivity index (χ2n) is 12.2. The number of alkyl halides is 6. The second kappa shape index (κ2) is 13.8. The monoisotopic (exact) mass is 815 g/mol. The van der Waals surface area contributed by atoms with Gasteiger partial charge in [-0.1, -0.05) is 28.1 Å². The molecule has 1 aromatic heterocycles. The third-order valence-electron chi connectivity index (χ3n) is 8.27. The predicted octanol–water partition coefficient (Wildman–Crippen LogP) is 7.63. The average molecular weight is 817 g/mol. The first-order valence-electron chi connectivity index (χ1n) is 15.5. The van der Waals surface area contributed by atoms with E-state index in [0.29, 0.717) is 22.9 Å². The number of aryl methyl sites for hydroxylation is 1. The molecule has 0 unspecified atom stereocenters. The molecule has 2 heterocycles. The third kappa shape index (κ3) is 7.62. The van der Waals surface area contributed by atoms with E-state index in [1.165, 1.54) is 55.8 Å². The van der Waals surface area contributed by atoms with Gasteiger partial charge in [-0.25, -0.2) is 12.7 Å². The van der Waals surface area contributed by atoms with Gasteiger partial charge < -0.3 is 19.1 Å². The number of rotatable bonds is 11. The number of sulfonamides is 1. The van der Waals surface area contributed by atoms with E-state index in [1.54, 1.807) is 13.0 Å². The number of aromatic nitrogens is 1. The Morgan fingerprint density at radius 3 is 2.29 bits per heavy atom. The molecule has 0 atom stereocenters. The number of benzene rings is 3. The van der Waals surface area contributed by atoms with E-state index in [4.69, 9.17) is 14.2 Å². The van der Waals surface area contributed by atoms with E-state index in [2.05, 4.69) is 20.9 Å². The van der Waals surface area contributed by atoms with Gasteiger partial charge in [0.25, 0.3) is 5.91 Å². The molecule has 52 heavy (non-hydrogen) atoms. The molecule has 1 aliphatic heterocycles. The number of halogens is 7. The van der Waals surface area contributed by atoms with Crippen LogP contribution in [0.1, 0.15) is 39.9 Å². The summed E-state index contributed by atoms with van der Waals surface area (Å²) in [5.41, 5.74) is -0.0505. The molecule has 18 heteroatoms. The van der Waals surface area contributed by atoms with Crippen molar-refractivity contribution in [3.8, 4) is 17.2 Å². The van der Waals surface area contributed by atoms with E-state index in [-0.39, 0.29) is 39.2 Å². The summed E-state index contributed by atoms with van der Waals surface area (Å²) >= 11 is 3.31. The van der Waals surface area contributed by atoms with Gasteiger partial charge in [-0.3, -0.25) is 14.6 Å². The summed E-state index contributed by atoms with van der Waals surface area (Å²) in [5, 5.41) is -0.164. The molecule has 276 valence electrons. The van der Waals surface area contributed by atoms with Crippen LogP contribution in [0.2, 0.25) is 0 Å². The van der Waals surface area contributed by atoms with Crippen molar-refractivity contribution in [3.63, 3.8) is 0 Å². The summed E-state index contributed by atoms with van der Waals surface area (Å²) in [6, 6.07) is 11.4. The molecule has 4 aromatic rings. The minimum Gasteiger partial charge on any atom is -0.495 e. The maximum Gasteiger partial charge on any atom is 0.422 e. The van der Waals surface area contributed by atoms with Crippen LogP contribution in [0.4, 0.5) is 37.7 Å². The van der Waals surface area contributed by atoms with Gasteiger partial charge in [0, 0.05) is 33.2 Å². The first-order chi connectivity index (χ1) is 24.4. The molecule has 0 saturated heterocycles. The lowest BCUT2D eigenvalue weighted by Gasteiger charge is -2.25. The summed E-state index contributed by atoms with van der Waals surface area (Å²) < 4.78 is 125. The predicted molar refractivity (Wildman–Crippen MR) is 180 cm³/mol. The highest BCUT2D eigenvalue weighted by atomic mass is 79.9. The van der Waals surface area contributed by atoms with Crippen LogP contribution >= 0.6 is 15.9 Å². The van der Waals surface area contributed by atoms with Crippen molar-refractivity contribution in [1.29, 1.82) is 0 Å². The quantitative estimate of drug-likeness (QED) is 0.142. The number of carbonyl (C=O) groups is 2. The Kier molecular flexibility index (Phi) is 9.84. The molecule has 2 aliphatic rings. The highest BCUT2D eigenvalue weighted by Crippen LogP contribution is 2.47. The van der Waals surface area contributed by atoms with E-state index in [0.717, 1.165) is 9.21 Å². The number of methoxy groups -OCH3 is 1. The normalized spacial score (nSPS) is 14.8. The largest absolute Gasteiger partial charge is 0.495 e. The Balaban J connectivity index is 1.37. The lowest BCUT2D eigenvalue weighted by molar-refractivity contribution is -0.154. The Labute approximate surface area is 301 Å². The second-order valence-corrected chi connectivity index (χ2v) is 14.9. The average Bonchev–Trinajstić information content (AvgIpc) is 3.85. The van der Waals surface area contributed by atoms with Crippen LogP contribution in [-0.2, 0) is 27.1 Å². The summed E-state index contributed by atoms with van der Waals surface area (Å²) in [7, 11) is -3.03. The van der Waals surface area contributed by atoms with Gasteiger partial charge in [0.05, 0.1) is 25.0 Å². The van der Waals surface area contributed by atoms with Crippen LogP contribution in [0.3, 0.4) is 0 Å². The van der Waals surface area contributed by atoms with Gasteiger partial charge in [-0.15, -0.1) is 0 Å². The number of ether oxygens (including phenoxy) is 3. The zero-order chi connectivity index (χ0) is 37.7. The molecular formula is C34H28BrF6N3O7S. The van der Waals surface area contributed by atoms with Crippen molar-refractivity contribution in [2.75, 3.05) is 29.5 Å². The SMILES string of the molecule is COc1ccc(Br)cc1N(C(=O)C1CC1)S(=O)(=O)Cc1ccc(N2Cc3c(c(OCC(F)(F)F)c4cccnc4c3OCC(F)(F)F)C2=O)c(C)c1. The van der Waals surface area contributed by atoms with Gasteiger partial charge >= 0.3 is 12.4 Å². The first-order valence-corrected chi connectivity index (χ1v) is 17.9. The van der Waals surface area contributed by atoms with E-state index in [9.17, 15) is 44.3 Å². The van der Waals surface area contributed by atoms with E-state index >= 15 is 0 Å². The number of fused-ring (bicyclic) bond motifs is 2. The fourth-order valence-electron chi connectivity index (χ4n) is 5.96. The Hall–Kier alpha value is -4.58. The molecule has 1 fully saturated rings. The first kappa shape index (κ1) is 37.2. The van der Waals surface area contributed by atoms with Gasteiger partial charge in [-0.2, -0.15) is 26.3 Å². The maximum atomic E-state index is 14.0. The molecule has 1 saturated carbocycles. The zero-order valence-corrected chi connectivity index (χ0v) is 29.7. The molecular weight excluding hydrogens is 788 g/mol. The van der Waals surface area contributed by atoms with Gasteiger partial charge in [-0.05, 0) is 67.3 Å². The Morgan fingerprint density at radius 1 is 1.00 bits per heavy atom. The number of anilines is 2. The number of nitrogens with zero attached hydrogens (tertiary/aromatic N) is 3. The molecule has 6 rings (SSSR count). The standard InChI is InChI=1S/C34H28BrF6N3O7S/c1-18-12-19(15-52(47,48)44(31(45)20-6-7-20)25-13-21(35)8-10-26(25)49-2)5-9-24(18)43-14-23-27(32(43)46)29(50-16-33(36,37)38)22-4-3-11-42-28(22)30(23)51-17-34(39,40)41/h3-5,8-13,20H,6-7,14-17H2,1-2H3. The van der Waals surface area contributed by atoms with Crippen LogP contribution in [-0.4, -0.2) is 57.9 Å². The van der Waals surface area contributed by atoms with Crippen molar-refractivity contribution < 1.29 is 58.6 Å². The topological polar surface area (TPSA) is 115 Å². The Bertz CT molecular complexity index is 2190. The molecule has 10 nitrogen and oxygen atoms in total. The lowest BCUT2D eigenvalue weighted by Crippen LogP contribution is -2.39. The number of hydrogen-bond donors (Lipinski definition) is 0. The maximum absolute atomic E-state index is 14.0. The molecule has 3 aromatic carbocycles. The molecule has 1 aliphatic carbocycles. The highest BCUT2D eigenvalue weighted by molar-refractivity contribution is 9.10. The summed E-state index contributed by atoms with van der Waals surface area (Å²) in [6.45, 7) is -2.45. The molecule has 0 radical (unpaired) electrons. The van der Waals surface area contributed by atoms with Crippen molar-refractivity contribution >= 4 is 60.0 Å². The number of carbonyl (C=O) groups excluding carboxylic acids is 2. The zero-order valence-electron chi connectivity index (χ0n) is 27.3. The molecule has 2 amide bonds. The molecule has 0 bridgehead atoms. The van der Waals surface area contributed by atoms with Crippen LogP contribution in [0.25, 0.3) is 10.9 Å². The number of pyridine rings is 1. The van der Waals surface area contributed by atoms with Gasteiger partial charge in [0.15, 0.2) is 19.0 Å². The van der Waals surface area contributed by atoms with Gasteiger partial charge in [0.1, 0.15) is 22.7 Å². The van der Waals surface area contributed by atoms with Gasteiger partial charge in [0.2, 0.25) is 15.9 Å². The minimum atomic E-state index is -4.82. The van der Waals surface area contributed by atoms with Crippen molar-refractivity contribution in [2.24, 2.45) is 5.92 Å². The summed E-state index contributed by atoms with van der Waals surface area (Å²) in [6.07, 6.45) is -7.35. The fourth-order valence-corrected chi connectivity index (χ4v) is 7.90. The fraction of sp³-hybridized carbons (Fsp3) is 0.324. The Morgan fingerprint density at radius 2 is 1.67 bits per heavy atom. The smallest absolute Gasteiger partial charge is 0.422 e. The molecule has 0 spiro atoms. The van der Waals surface area contributed by atoms with Crippen LogP contribution in [0.15, 0.2) is 59.2 Å². The van der Waals surface area contributed by atoms with Crippen LogP contribution < -0.4 is 23.4 Å². The summed E-state index contributed by atoms with van der Waals surface area (Å²) in [4.78, 5) is 32.6. The summed E-state index contributed by atoms with van der Waals surface area (Å²) in [5.74, 6) is -3.43. The van der Waals surface area contributed by atoms with E-state index < -0.39 is 82.7 Å². The number of hydrogen-bond acceptors (Lipinski definition) is 8. The van der Waals surface area contributed by atoms with Crippen molar-refractivity contribution in [1.82, 2.24) is 4.98 Å². The lowest BCUT2D eigenvalue weighted by atomic mass is 10.0. The highest BCUT2D eigenvalue weighted by Gasteiger charge is 2.42. The van der Waals surface area contributed by atoms with Crippen LogP contribution in [0.5, 0.6) is 17.2 Å². The van der Waals surface area contributed by atoms with Crippen molar-refractivity contribution in [2.45, 2.75) is 44.4 Å². The van der Waals surface area contributed by atoms with E-state index in [1.807, 2.05) is 0 Å². The molecule has 0 N–H and O–H groups in total. The third-order valence-corrected chi connectivity index (χ3v) is 10.4. The van der Waals surface area contributed by atoms with Crippen LogP contribution in [0, 0.1) is 12.8 Å². The minimum absolute atomic E-state index is 0.0245. The van der Waals surface area contributed by atoms with Crippen molar-refractivity contribution in [3.05, 3.63) is 81.5 Å². The number of amides is 2.